The Morgan fingerprint density at radius 1 is 1.33 bits per heavy atom. The molecule has 3 nitrogen and oxygen atoms in total. The van der Waals surface area contributed by atoms with Crippen LogP contribution < -0.4 is 5.32 Å². The summed E-state index contributed by atoms with van der Waals surface area (Å²) in [6.07, 6.45) is 6.69. The first-order chi connectivity index (χ1) is 11.7. The summed E-state index contributed by atoms with van der Waals surface area (Å²) < 4.78 is 0. The molecule has 0 bridgehead atoms. The second-order valence-electron chi connectivity index (χ2n) is 5.62. The van der Waals surface area contributed by atoms with E-state index >= 15 is 0 Å². The average molecular weight is 333 g/mol. The molecule has 2 aromatic rings. The lowest BCUT2D eigenvalue weighted by molar-refractivity contribution is 0.358. The molecule has 1 aliphatic rings. The van der Waals surface area contributed by atoms with Gasteiger partial charge in [0, 0.05) is 17.1 Å². The van der Waals surface area contributed by atoms with Crippen molar-refractivity contribution in [1.29, 1.82) is 5.26 Å². The van der Waals surface area contributed by atoms with Crippen molar-refractivity contribution >= 4 is 22.4 Å². The molecule has 0 spiro atoms. The summed E-state index contributed by atoms with van der Waals surface area (Å²) in [5.74, 6) is 0. The quantitative estimate of drug-likeness (QED) is 0.802. The summed E-state index contributed by atoms with van der Waals surface area (Å²) in [6.45, 7) is 9.62. The maximum atomic E-state index is 9.54. The number of nitriles is 1. The molecule has 1 aromatic heterocycles. The molecule has 1 aromatic carbocycles. The van der Waals surface area contributed by atoms with E-state index in [0.29, 0.717) is 0 Å². The van der Waals surface area contributed by atoms with Gasteiger partial charge in [-0.1, -0.05) is 49.6 Å². The van der Waals surface area contributed by atoms with E-state index in [-0.39, 0.29) is 0 Å². The van der Waals surface area contributed by atoms with Crippen LogP contribution in [0.1, 0.15) is 21.6 Å². The van der Waals surface area contributed by atoms with Gasteiger partial charge in [-0.25, -0.2) is 0 Å². The molecule has 120 valence electrons. The summed E-state index contributed by atoms with van der Waals surface area (Å²) in [7, 11) is 0. The maximum Gasteiger partial charge on any atom is 0.111 e. The zero-order valence-electron chi connectivity index (χ0n) is 13.5. The van der Waals surface area contributed by atoms with Crippen molar-refractivity contribution in [3.8, 4) is 6.07 Å². The van der Waals surface area contributed by atoms with Crippen molar-refractivity contribution in [3.05, 3.63) is 83.0 Å². The normalized spacial score (nSPS) is 13.4. The van der Waals surface area contributed by atoms with Crippen LogP contribution in [0, 0.1) is 11.3 Å². The molecule has 1 N–H and O–H groups in total. The van der Waals surface area contributed by atoms with Crippen molar-refractivity contribution in [2.75, 3.05) is 11.9 Å². The third kappa shape index (κ3) is 3.42. The first kappa shape index (κ1) is 16.1. The van der Waals surface area contributed by atoms with Gasteiger partial charge in [0.05, 0.1) is 12.1 Å². The van der Waals surface area contributed by atoms with Crippen molar-refractivity contribution < 1.29 is 0 Å². The van der Waals surface area contributed by atoms with Crippen LogP contribution in [0.3, 0.4) is 0 Å². The first-order valence-electron chi connectivity index (χ1n) is 7.81. The second-order valence-corrected chi connectivity index (χ2v) is 6.72. The first-order valence-corrected chi connectivity index (χ1v) is 8.63. The van der Waals surface area contributed by atoms with Crippen LogP contribution in [0.25, 0.3) is 6.08 Å². The fourth-order valence-electron chi connectivity index (χ4n) is 2.73. The Labute approximate surface area is 146 Å². The molecular weight excluding hydrogens is 314 g/mol. The molecule has 3 rings (SSSR count). The number of fused-ring (bicyclic) bond motifs is 1. The van der Waals surface area contributed by atoms with E-state index < -0.39 is 0 Å². The van der Waals surface area contributed by atoms with Gasteiger partial charge in [0.25, 0.3) is 0 Å². The summed E-state index contributed by atoms with van der Waals surface area (Å²) >= 11 is 1.64. The van der Waals surface area contributed by atoms with Gasteiger partial charge >= 0.3 is 0 Å². The predicted molar refractivity (Wildman–Crippen MR) is 102 cm³/mol. The molecule has 24 heavy (non-hydrogen) atoms. The van der Waals surface area contributed by atoms with E-state index in [1.807, 2.05) is 48.7 Å². The molecule has 0 saturated heterocycles. The van der Waals surface area contributed by atoms with Gasteiger partial charge in [-0.05, 0) is 29.8 Å². The number of rotatable bonds is 5. The Hall–Kier alpha value is -2.77. The van der Waals surface area contributed by atoms with Gasteiger partial charge in [0.2, 0.25) is 0 Å². The van der Waals surface area contributed by atoms with Gasteiger partial charge in [0.15, 0.2) is 0 Å². The summed E-state index contributed by atoms with van der Waals surface area (Å²) in [4.78, 5) is 3.41. The van der Waals surface area contributed by atoms with Crippen LogP contribution in [0.4, 0.5) is 5.00 Å². The smallest absolute Gasteiger partial charge is 0.111 e. The van der Waals surface area contributed by atoms with Crippen molar-refractivity contribution in [2.45, 2.75) is 13.0 Å². The minimum Gasteiger partial charge on any atom is -0.372 e. The molecule has 1 aliphatic heterocycles. The number of hydrogen-bond acceptors (Lipinski definition) is 4. The van der Waals surface area contributed by atoms with Gasteiger partial charge in [-0.3, -0.25) is 0 Å². The number of hydrogen-bond donors (Lipinski definition) is 1. The van der Waals surface area contributed by atoms with Crippen molar-refractivity contribution in [1.82, 2.24) is 4.90 Å². The summed E-state index contributed by atoms with van der Waals surface area (Å²) in [5, 5.41) is 13.7. The number of benzene rings is 1. The second kappa shape index (κ2) is 7.20. The minimum atomic E-state index is 0.757. The van der Waals surface area contributed by atoms with Gasteiger partial charge in [0.1, 0.15) is 11.1 Å². The number of thiophene rings is 1. The molecule has 2 heterocycles. The Balaban J connectivity index is 1.77. The highest BCUT2D eigenvalue weighted by molar-refractivity contribution is 7.16. The average Bonchev–Trinajstić information content (AvgIpc) is 2.96. The van der Waals surface area contributed by atoms with Crippen LogP contribution in [-0.2, 0) is 13.0 Å². The maximum absolute atomic E-state index is 9.54. The molecule has 4 heteroatoms. The molecule has 0 radical (unpaired) electrons. The van der Waals surface area contributed by atoms with Crippen molar-refractivity contribution in [3.63, 3.8) is 0 Å². The zero-order valence-corrected chi connectivity index (χ0v) is 14.3. The largest absolute Gasteiger partial charge is 0.372 e. The molecule has 0 fully saturated rings. The van der Waals surface area contributed by atoms with Gasteiger partial charge in [-0.2, -0.15) is 5.26 Å². The number of nitrogens with zero attached hydrogens (tertiary/aromatic N) is 2. The SMILES string of the molecule is C=CN1CCc2c(sc(NC(=C)/C=C/c3ccccc3)c2C#N)C1. The lowest BCUT2D eigenvalue weighted by Gasteiger charge is -2.24. The molecule has 0 aliphatic carbocycles. The standard InChI is InChI=1S/C20H19N3S/c1-3-23-12-11-17-18(13-21)20(24-19(17)14-23)22-15(2)9-10-16-7-5-4-6-8-16/h3-10,22H,1-2,11-12,14H2/b10-9+. The third-order valence-corrected chi connectivity index (χ3v) is 5.14. The monoisotopic (exact) mass is 333 g/mol. The Morgan fingerprint density at radius 2 is 2.12 bits per heavy atom. The third-order valence-electron chi connectivity index (χ3n) is 4.01. The molecule has 0 saturated carbocycles. The van der Waals surface area contributed by atoms with Crippen LogP contribution in [0.2, 0.25) is 0 Å². The van der Waals surface area contributed by atoms with Crippen LogP contribution in [-0.4, -0.2) is 11.4 Å². The molecule has 0 atom stereocenters. The van der Waals surface area contributed by atoms with Crippen molar-refractivity contribution in [2.24, 2.45) is 0 Å². The number of anilines is 1. The predicted octanol–water partition coefficient (Wildman–Crippen LogP) is 4.76. The number of allylic oxidation sites excluding steroid dienone is 1. The highest BCUT2D eigenvalue weighted by Crippen LogP contribution is 2.37. The van der Waals surface area contributed by atoms with E-state index in [1.165, 1.54) is 10.4 Å². The van der Waals surface area contributed by atoms with Crippen LogP contribution >= 0.6 is 11.3 Å². The molecule has 0 amide bonds. The van der Waals surface area contributed by atoms with E-state index in [1.54, 1.807) is 11.3 Å². The fourth-order valence-corrected chi connectivity index (χ4v) is 3.99. The molecule has 0 unspecified atom stereocenters. The Kier molecular flexibility index (Phi) is 4.83. The summed E-state index contributed by atoms with van der Waals surface area (Å²) in [6, 6.07) is 12.4. The van der Waals surface area contributed by atoms with E-state index in [2.05, 4.69) is 29.4 Å². The lowest BCUT2D eigenvalue weighted by atomic mass is 10.0. The zero-order chi connectivity index (χ0) is 16.9. The summed E-state index contributed by atoms with van der Waals surface area (Å²) in [5.41, 5.74) is 3.82. The number of nitrogens with one attached hydrogen (secondary N) is 1. The Bertz CT molecular complexity index is 825. The Morgan fingerprint density at radius 3 is 2.83 bits per heavy atom. The highest BCUT2D eigenvalue weighted by atomic mass is 32.1. The van der Waals surface area contributed by atoms with Crippen LogP contribution in [0.15, 0.2) is 61.5 Å². The van der Waals surface area contributed by atoms with Crippen LogP contribution in [0.5, 0.6) is 0 Å². The topological polar surface area (TPSA) is 39.1 Å². The minimum absolute atomic E-state index is 0.757. The highest BCUT2D eigenvalue weighted by Gasteiger charge is 2.23. The lowest BCUT2D eigenvalue weighted by Crippen LogP contribution is -2.24. The van der Waals surface area contributed by atoms with E-state index in [4.69, 9.17) is 0 Å². The fraction of sp³-hybridized carbons (Fsp3) is 0.150. The van der Waals surface area contributed by atoms with Gasteiger partial charge < -0.3 is 10.2 Å². The van der Waals surface area contributed by atoms with E-state index in [9.17, 15) is 5.26 Å². The van der Waals surface area contributed by atoms with E-state index in [0.717, 1.165) is 41.3 Å². The van der Waals surface area contributed by atoms with Gasteiger partial charge in [-0.15, -0.1) is 11.3 Å². The molecular formula is C20H19N3S.